The molecule has 2 atom stereocenters. The Kier molecular flexibility index (Phi) is 4.22. The van der Waals surface area contributed by atoms with Gasteiger partial charge in [0.1, 0.15) is 16.5 Å². The normalized spacial score (nSPS) is 28.1. The summed E-state index contributed by atoms with van der Waals surface area (Å²) in [6, 6.07) is -0.608. The van der Waals surface area contributed by atoms with E-state index in [1.54, 1.807) is 11.8 Å². The number of hydrogen-bond acceptors (Lipinski definition) is 6. The molecule has 0 bridgehead atoms. The highest BCUT2D eigenvalue weighted by Gasteiger charge is 2.44. The van der Waals surface area contributed by atoms with Crippen LogP contribution in [-0.2, 0) is 9.53 Å². The van der Waals surface area contributed by atoms with Crippen molar-refractivity contribution in [2.45, 2.75) is 11.4 Å². The van der Waals surface area contributed by atoms with Crippen molar-refractivity contribution >= 4 is 51.5 Å². The summed E-state index contributed by atoms with van der Waals surface area (Å²) in [7, 11) is 1.30. The maximum Gasteiger partial charge on any atom is 0.329 e. The van der Waals surface area contributed by atoms with E-state index in [1.165, 1.54) is 23.8 Å². The van der Waals surface area contributed by atoms with Gasteiger partial charge in [-0.15, -0.1) is 23.5 Å². The molecule has 0 aromatic rings. The minimum atomic E-state index is -0.634. The minimum Gasteiger partial charge on any atom is -0.467 e. The van der Waals surface area contributed by atoms with Crippen molar-refractivity contribution in [3.8, 4) is 0 Å². The number of thioether (sulfide) groups is 2. The first-order chi connectivity index (χ1) is 8.15. The Morgan fingerprint density at radius 1 is 1.59 bits per heavy atom. The van der Waals surface area contributed by atoms with E-state index >= 15 is 0 Å². The van der Waals surface area contributed by atoms with Crippen molar-refractivity contribution in [3.05, 3.63) is 0 Å². The minimum absolute atomic E-state index is 0.239. The molecule has 2 heterocycles. The van der Waals surface area contributed by atoms with Crippen LogP contribution in [0, 0.1) is 0 Å². The van der Waals surface area contributed by atoms with Crippen molar-refractivity contribution in [1.82, 2.24) is 4.90 Å². The van der Waals surface area contributed by atoms with E-state index in [2.05, 4.69) is 9.73 Å². The zero-order valence-electron chi connectivity index (χ0n) is 9.09. The Hall–Kier alpha value is -0.400. The first-order valence-electron chi connectivity index (χ1n) is 4.99. The molecule has 0 aromatic heterocycles. The van der Waals surface area contributed by atoms with Crippen molar-refractivity contribution in [3.63, 3.8) is 0 Å². The van der Waals surface area contributed by atoms with E-state index in [9.17, 15) is 9.59 Å². The van der Waals surface area contributed by atoms with Crippen LogP contribution in [0.5, 0.6) is 0 Å². The highest BCUT2D eigenvalue weighted by Crippen LogP contribution is 2.35. The highest BCUT2D eigenvalue weighted by molar-refractivity contribution is 8.16. The van der Waals surface area contributed by atoms with Gasteiger partial charge in [0.15, 0.2) is 0 Å². The van der Waals surface area contributed by atoms with E-state index in [4.69, 9.17) is 11.6 Å². The molecule has 1 amide bonds. The Morgan fingerprint density at radius 2 is 2.35 bits per heavy atom. The molecule has 0 radical (unpaired) electrons. The summed E-state index contributed by atoms with van der Waals surface area (Å²) >= 11 is 8.66. The van der Waals surface area contributed by atoms with Gasteiger partial charge >= 0.3 is 11.3 Å². The van der Waals surface area contributed by atoms with Gasteiger partial charge < -0.3 is 4.74 Å². The standard InChI is InChI=1S/C9H11ClN2O3S2/c1-15-8(13)5-4-17-7(12(5)9(10)14)6-11-2-3-16-6/h5,7H,2-4H2,1H3. The Balaban J connectivity index is 2.18. The largest absolute Gasteiger partial charge is 0.467 e. The number of carbonyl (C=O) groups is 2. The molecule has 0 saturated carbocycles. The van der Waals surface area contributed by atoms with Crippen LogP contribution in [0.15, 0.2) is 4.99 Å². The molecule has 2 rings (SSSR count). The van der Waals surface area contributed by atoms with Crippen LogP contribution in [0.4, 0.5) is 4.79 Å². The first kappa shape index (κ1) is 13.0. The molecule has 5 nitrogen and oxygen atoms in total. The van der Waals surface area contributed by atoms with Gasteiger partial charge in [0.05, 0.1) is 7.11 Å². The number of nitrogens with zero attached hydrogens (tertiary/aromatic N) is 2. The van der Waals surface area contributed by atoms with E-state index in [-0.39, 0.29) is 5.37 Å². The number of carbonyl (C=O) groups excluding carboxylic acids is 2. The SMILES string of the molecule is COC(=O)C1CSC(C2=NCCS2)N1C(=O)Cl. The number of amides is 1. The van der Waals surface area contributed by atoms with Crippen LogP contribution >= 0.6 is 35.1 Å². The molecular weight excluding hydrogens is 284 g/mol. The monoisotopic (exact) mass is 294 g/mol. The quantitative estimate of drug-likeness (QED) is 0.438. The summed E-state index contributed by atoms with van der Waals surface area (Å²) < 4.78 is 4.67. The average Bonchev–Trinajstić information content (AvgIpc) is 2.95. The summed E-state index contributed by atoms with van der Waals surface area (Å²) in [6.07, 6.45) is 0. The number of rotatable bonds is 2. The number of aliphatic imine (C=N–C) groups is 1. The number of ether oxygens (including phenoxy) is 1. The fraction of sp³-hybridized carbons (Fsp3) is 0.667. The second-order valence-corrected chi connectivity index (χ2v) is 6.01. The Labute approximate surface area is 112 Å². The second-order valence-electron chi connectivity index (χ2n) is 3.45. The molecule has 0 N–H and O–H groups in total. The summed E-state index contributed by atoms with van der Waals surface area (Å²) in [6.45, 7) is 0.754. The molecule has 0 aliphatic carbocycles. The molecule has 1 fully saturated rings. The lowest BCUT2D eigenvalue weighted by Crippen LogP contribution is -2.45. The maximum absolute atomic E-state index is 11.6. The van der Waals surface area contributed by atoms with Gasteiger partial charge in [-0.1, -0.05) is 0 Å². The van der Waals surface area contributed by atoms with Crippen molar-refractivity contribution in [2.75, 3.05) is 25.2 Å². The van der Waals surface area contributed by atoms with Gasteiger partial charge in [0.2, 0.25) is 0 Å². The zero-order chi connectivity index (χ0) is 12.4. The summed E-state index contributed by atoms with van der Waals surface area (Å²) in [5, 5.41) is -0.00222. The smallest absolute Gasteiger partial charge is 0.329 e. The first-order valence-corrected chi connectivity index (χ1v) is 7.40. The van der Waals surface area contributed by atoms with Crippen LogP contribution in [-0.4, -0.2) is 57.9 Å². The fourth-order valence-corrected chi connectivity index (χ4v) is 4.52. The Morgan fingerprint density at radius 3 is 2.88 bits per heavy atom. The third kappa shape index (κ3) is 2.56. The topological polar surface area (TPSA) is 59.0 Å². The van der Waals surface area contributed by atoms with Crippen molar-refractivity contribution in [2.24, 2.45) is 4.99 Å². The van der Waals surface area contributed by atoms with Crippen molar-refractivity contribution in [1.29, 1.82) is 0 Å². The highest BCUT2D eigenvalue weighted by atomic mass is 35.5. The summed E-state index contributed by atoms with van der Waals surface area (Å²) in [4.78, 5) is 28.7. The predicted octanol–water partition coefficient (Wildman–Crippen LogP) is 1.41. The van der Waals surface area contributed by atoms with Crippen LogP contribution in [0.2, 0.25) is 0 Å². The zero-order valence-corrected chi connectivity index (χ0v) is 11.5. The molecule has 2 unspecified atom stereocenters. The van der Waals surface area contributed by atoms with Crippen LogP contribution in [0.3, 0.4) is 0 Å². The molecule has 17 heavy (non-hydrogen) atoms. The Bertz CT molecular complexity index is 377. The van der Waals surface area contributed by atoms with Gasteiger partial charge in [-0.25, -0.2) is 4.79 Å². The van der Waals surface area contributed by atoms with Gasteiger partial charge in [0.25, 0.3) is 0 Å². The fourth-order valence-electron chi connectivity index (χ4n) is 1.73. The van der Waals surface area contributed by atoms with E-state index in [0.29, 0.717) is 5.75 Å². The summed E-state index contributed by atoms with van der Waals surface area (Å²) in [5.41, 5.74) is 0. The molecule has 94 valence electrons. The van der Waals surface area contributed by atoms with Crippen LogP contribution in [0.1, 0.15) is 0 Å². The van der Waals surface area contributed by atoms with Crippen LogP contribution < -0.4 is 0 Å². The number of hydrogen-bond donors (Lipinski definition) is 0. The average molecular weight is 295 g/mol. The number of methoxy groups -OCH3 is 1. The molecular formula is C9H11ClN2O3S2. The molecule has 8 heteroatoms. The third-order valence-electron chi connectivity index (χ3n) is 2.50. The van der Waals surface area contributed by atoms with E-state index < -0.39 is 17.4 Å². The number of esters is 1. The predicted molar refractivity (Wildman–Crippen MR) is 69.9 cm³/mol. The molecule has 2 aliphatic heterocycles. The molecule has 0 aromatic carbocycles. The maximum atomic E-state index is 11.6. The molecule has 1 saturated heterocycles. The van der Waals surface area contributed by atoms with Gasteiger partial charge in [-0.2, -0.15) is 0 Å². The third-order valence-corrected chi connectivity index (χ3v) is 5.15. The van der Waals surface area contributed by atoms with Gasteiger partial charge in [-0.3, -0.25) is 14.7 Å². The lowest BCUT2D eigenvalue weighted by atomic mass is 10.3. The lowest BCUT2D eigenvalue weighted by molar-refractivity contribution is -0.144. The van der Waals surface area contributed by atoms with Gasteiger partial charge in [-0.05, 0) is 11.6 Å². The molecule has 0 spiro atoms. The van der Waals surface area contributed by atoms with E-state index in [1.807, 2.05) is 0 Å². The van der Waals surface area contributed by atoms with Gasteiger partial charge in [0, 0.05) is 18.1 Å². The lowest BCUT2D eigenvalue weighted by Gasteiger charge is -2.24. The van der Waals surface area contributed by atoms with Crippen LogP contribution in [0.25, 0.3) is 0 Å². The second kappa shape index (κ2) is 5.49. The number of halogens is 1. The van der Waals surface area contributed by atoms with E-state index in [0.717, 1.165) is 17.3 Å². The van der Waals surface area contributed by atoms with Crippen molar-refractivity contribution < 1.29 is 14.3 Å². The summed E-state index contributed by atoms with van der Waals surface area (Å²) in [5.74, 6) is 0.979. The molecule has 2 aliphatic rings.